The van der Waals surface area contributed by atoms with Gasteiger partial charge in [-0.2, -0.15) is 0 Å². The van der Waals surface area contributed by atoms with Crippen LogP contribution in [-0.4, -0.2) is 46.4 Å². The molecule has 168 valence electrons. The maximum atomic E-state index is 12.7. The van der Waals surface area contributed by atoms with Gasteiger partial charge < -0.3 is 10.1 Å². The van der Waals surface area contributed by atoms with Gasteiger partial charge >= 0.3 is 5.97 Å². The van der Waals surface area contributed by atoms with E-state index in [4.69, 9.17) is 4.74 Å². The monoisotopic (exact) mass is 460 g/mol. The van der Waals surface area contributed by atoms with E-state index < -0.39 is 0 Å². The SMILES string of the molecule is CCOC(=O)CN(CC(=O)Nc1ccc(-c2nc3ccccc3s2)cc1)Cc1ccccn1. The molecule has 1 amide bonds. The average Bonchev–Trinajstić information content (AvgIpc) is 3.24. The van der Waals surface area contributed by atoms with Gasteiger partial charge in [0.1, 0.15) is 5.01 Å². The number of para-hydroxylation sites is 1. The summed E-state index contributed by atoms with van der Waals surface area (Å²) >= 11 is 1.63. The van der Waals surface area contributed by atoms with Crippen LogP contribution >= 0.6 is 11.3 Å². The zero-order valence-corrected chi connectivity index (χ0v) is 19.0. The highest BCUT2D eigenvalue weighted by Gasteiger charge is 2.17. The first-order chi connectivity index (χ1) is 16.1. The van der Waals surface area contributed by atoms with Crippen molar-refractivity contribution in [3.63, 3.8) is 0 Å². The summed E-state index contributed by atoms with van der Waals surface area (Å²) < 4.78 is 6.19. The predicted octanol–water partition coefficient (Wildman–Crippen LogP) is 4.36. The summed E-state index contributed by atoms with van der Waals surface area (Å²) in [6.45, 7) is 2.46. The van der Waals surface area contributed by atoms with E-state index in [-0.39, 0.29) is 25.0 Å². The maximum absolute atomic E-state index is 12.7. The molecule has 0 atom stereocenters. The van der Waals surface area contributed by atoms with E-state index in [1.54, 1.807) is 29.4 Å². The summed E-state index contributed by atoms with van der Waals surface area (Å²) in [6, 6.07) is 21.2. The lowest BCUT2D eigenvalue weighted by atomic mass is 10.2. The Kier molecular flexibility index (Phi) is 7.39. The summed E-state index contributed by atoms with van der Waals surface area (Å²) in [5.74, 6) is -0.593. The van der Waals surface area contributed by atoms with E-state index in [1.165, 1.54) is 0 Å². The Morgan fingerprint density at radius 1 is 1.00 bits per heavy atom. The van der Waals surface area contributed by atoms with Crippen molar-refractivity contribution in [3.05, 3.63) is 78.6 Å². The van der Waals surface area contributed by atoms with Gasteiger partial charge in [-0.1, -0.05) is 18.2 Å². The van der Waals surface area contributed by atoms with Crippen molar-refractivity contribution in [1.82, 2.24) is 14.9 Å². The third-order valence-corrected chi connectivity index (χ3v) is 5.93. The number of carbonyl (C=O) groups is 2. The number of nitrogens with zero attached hydrogens (tertiary/aromatic N) is 3. The van der Waals surface area contributed by atoms with E-state index in [0.717, 1.165) is 26.5 Å². The van der Waals surface area contributed by atoms with E-state index in [0.29, 0.717) is 18.8 Å². The number of fused-ring (bicyclic) bond motifs is 1. The molecule has 8 heteroatoms. The van der Waals surface area contributed by atoms with Crippen LogP contribution in [0.2, 0.25) is 0 Å². The Morgan fingerprint density at radius 3 is 2.52 bits per heavy atom. The van der Waals surface area contributed by atoms with Gasteiger partial charge in [0, 0.05) is 24.0 Å². The Morgan fingerprint density at radius 2 is 1.79 bits per heavy atom. The molecule has 0 bridgehead atoms. The average molecular weight is 461 g/mol. The molecule has 0 aliphatic rings. The third-order valence-electron chi connectivity index (χ3n) is 4.85. The van der Waals surface area contributed by atoms with Crippen molar-refractivity contribution in [2.24, 2.45) is 0 Å². The molecule has 4 aromatic rings. The van der Waals surface area contributed by atoms with Gasteiger partial charge in [0.05, 0.1) is 35.6 Å². The number of thiazole rings is 1. The molecule has 33 heavy (non-hydrogen) atoms. The number of anilines is 1. The fraction of sp³-hybridized carbons (Fsp3) is 0.200. The van der Waals surface area contributed by atoms with Crippen molar-refractivity contribution in [3.8, 4) is 10.6 Å². The molecular weight excluding hydrogens is 436 g/mol. The van der Waals surface area contributed by atoms with Crippen LogP contribution in [0, 0.1) is 0 Å². The second kappa shape index (κ2) is 10.8. The number of rotatable bonds is 9. The van der Waals surface area contributed by atoms with Crippen LogP contribution in [0.5, 0.6) is 0 Å². The normalized spacial score (nSPS) is 11.0. The van der Waals surface area contributed by atoms with Crippen LogP contribution in [0.15, 0.2) is 72.9 Å². The van der Waals surface area contributed by atoms with Gasteiger partial charge in [-0.15, -0.1) is 11.3 Å². The number of carbonyl (C=O) groups excluding carboxylic acids is 2. The molecular formula is C25H24N4O3S. The van der Waals surface area contributed by atoms with E-state index in [2.05, 4.69) is 21.4 Å². The van der Waals surface area contributed by atoms with E-state index >= 15 is 0 Å². The second-order valence-electron chi connectivity index (χ2n) is 7.38. The van der Waals surface area contributed by atoms with Crippen LogP contribution in [-0.2, 0) is 20.9 Å². The second-order valence-corrected chi connectivity index (χ2v) is 8.41. The topological polar surface area (TPSA) is 84.4 Å². The number of aromatic nitrogens is 2. The molecule has 7 nitrogen and oxygen atoms in total. The fourth-order valence-corrected chi connectivity index (χ4v) is 4.34. The van der Waals surface area contributed by atoms with Crippen molar-refractivity contribution in [1.29, 1.82) is 0 Å². The summed E-state index contributed by atoms with van der Waals surface area (Å²) in [5, 5.41) is 3.83. The van der Waals surface area contributed by atoms with Gasteiger partial charge in [0.2, 0.25) is 5.91 Å². The first kappa shape index (κ1) is 22.6. The maximum Gasteiger partial charge on any atom is 0.320 e. The molecule has 2 heterocycles. The van der Waals surface area contributed by atoms with E-state index in [9.17, 15) is 9.59 Å². The van der Waals surface area contributed by atoms with E-state index in [1.807, 2.05) is 60.7 Å². The fourth-order valence-electron chi connectivity index (χ4n) is 3.37. The van der Waals surface area contributed by atoms with Gasteiger partial charge in [-0.25, -0.2) is 4.98 Å². The molecule has 4 rings (SSSR count). The molecule has 0 radical (unpaired) electrons. The zero-order chi connectivity index (χ0) is 23.0. The lowest BCUT2D eigenvalue weighted by Gasteiger charge is -2.20. The number of pyridine rings is 1. The minimum atomic E-state index is -0.374. The number of hydrogen-bond donors (Lipinski definition) is 1. The van der Waals surface area contributed by atoms with Crippen molar-refractivity contribution in [2.75, 3.05) is 25.0 Å². The number of nitrogens with one attached hydrogen (secondary N) is 1. The molecule has 0 fully saturated rings. The Hall–Kier alpha value is -3.62. The highest BCUT2D eigenvalue weighted by atomic mass is 32.1. The van der Waals surface area contributed by atoms with Crippen molar-refractivity contribution < 1.29 is 14.3 Å². The number of ether oxygens (including phenoxy) is 1. The number of hydrogen-bond acceptors (Lipinski definition) is 7. The Bertz CT molecular complexity index is 1190. The molecule has 1 N–H and O–H groups in total. The molecule has 2 aromatic carbocycles. The standard InChI is InChI=1S/C25H24N4O3S/c1-2-32-24(31)17-29(15-20-7-5-6-14-26-20)16-23(30)27-19-12-10-18(11-13-19)25-28-21-8-3-4-9-22(21)33-25/h3-14H,2,15-17H2,1H3,(H,27,30). The molecule has 0 unspecified atom stereocenters. The van der Waals surface area contributed by atoms with Crippen LogP contribution in [0.4, 0.5) is 5.69 Å². The number of amides is 1. The highest BCUT2D eigenvalue weighted by molar-refractivity contribution is 7.21. The van der Waals surface area contributed by atoms with Crippen LogP contribution in [0.3, 0.4) is 0 Å². The van der Waals surface area contributed by atoms with Gasteiger partial charge in [0.25, 0.3) is 0 Å². The van der Waals surface area contributed by atoms with Crippen LogP contribution in [0.25, 0.3) is 20.8 Å². The molecule has 0 saturated heterocycles. The quantitative estimate of drug-likeness (QED) is 0.374. The third kappa shape index (κ3) is 6.21. The number of benzene rings is 2. The lowest BCUT2D eigenvalue weighted by Crippen LogP contribution is -2.37. The Balaban J connectivity index is 1.40. The molecule has 0 aliphatic heterocycles. The number of esters is 1. The molecule has 0 saturated carbocycles. The van der Waals surface area contributed by atoms with Crippen molar-refractivity contribution in [2.45, 2.75) is 13.5 Å². The lowest BCUT2D eigenvalue weighted by molar-refractivity contribution is -0.144. The van der Waals surface area contributed by atoms with Gasteiger partial charge in [-0.05, 0) is 55.5 Å². The van der Waals surface area contributed by atoms with Crippen LogP contribution < -0.4 is 5.32 Å². The summed E-state index contributed by atoms with van der Waals surface area (Å²) in [5.41, 5.74) is 3.42. The smallest absolute Gasteiger partial charge is 0.320 e. The van der Waals surface area contributed by atoms with Gasteiger partial charge in [0.15, 0.2) is 0 Å². The molecule has 2 aromatic heterocycles. The zero-order valence-electron chi connectivity index (χ0n) is 18.2. The van der Waals surface area contributed by atoms with Crippen molar-refractivity contribution >= 4 is 39.1 Å². The summed E-state index contributed by atoms with van der Waals surface area (Å²) in [7, 11) is 0. The van der Waals surface area contributed by atoms with Crippen LogP contribution in [0.1, 0.15) is 12.6 Å². The summed E-state index contributed by atoms with van der Waals surface area (Å²) in [6.07, 6.45) is 1.69. The largest absolute Gasteiger partial charge is 0.465 e. The highest BCUT2D eigenvalue weighted by Crippen LogP contribution is 2.30. The van der Waals surface area contributed by atoms with Gasteiger partial charge in [-0.3, -0.25) is 19.5 Å². The summed E-state index contributed by atoms with van der Waals surface area (Å²) in [4.78, 5) is 35.4. The first-order valence-electron chi connectivity index (χ1n) is 10.6. The molecule has 0 spiro atoms. The predicted molar refractivity (Wildman–Crippen MR) is 130 cm³/mol. The molecule has 0 aliphatic carbocycles. The first-order valence-corrected chi connectivity index (χ1v) is 11.5. The Labute approximate surface area is 196 Å². The minimum Gasteiger partial charge on any atom is -0.465 e. The minimum absolute atomic E-state index is 0.00831.